The molecule has 0 bridgehead atoms. The molecule has 1 aliphatic rings. The van der Waals surface area contributed by atoms with Gasteiger partial charge in [-0.15, -0.1) is 15.3 Å². The van der Waals surface area contributed by atoms with Crippen LogP contribution in [0, 0.1) is 0 Å². The summed E-state index contributed by atoms with van der Waals surface area (Å²) < 4.78 is 1.78. The van der Waals surface area contributed by atoms with Crippen molar-refractivity contribution >= 4 is 11.5 Å². The Morgan fingerprint density at radius 2 is 1.96 bits per heavy atom. The summed E-state index contributed by atoms with van der Waals surface area (Å²) in [5, 5.41) is 26.2. The van der Waals surface area contributed by atoms with E-state index in [2.05, 4.69) is 44.9 Å². The number of aryl methyl sites for hydroxylation is 1. The molecule has 124 valence electrons. The van der Waals surface area contributed by atoms with Crippen LogP contribution in [0.4, 0.5) is 5.82 Å². The normalized spacial score (nSPS) is 23.2. The van der Waals surface area contributed by atoms with Crippen molar-refractivity contribution in [1.29, 1.82) is 0 Å². The first-order valence-electron chi connectivity index (χ1n) is 8.39. The largest absolute Gasteiger partial charge is 0.393 e. The van der Waals surface area contributed by atoms with Gasteiger partial charge in [0.05, 0.1) is 6.10 Å². The Kier molecular flexibility index (Phi) is 3.69. The van der Waals surface area contributed by atoms with Crippen LogP contribution in [0.15, 0.2) is 42.5 Å². The van der Waals surface area contributed by atoms with Crippen molar-refractivity contribution in [3.63, 3.8) is 0 Å². The molecule has 1 fully saturated rings. The van der Waals surface area contributed by atoms with Crippen LogP contribution >= 0.6 is 0 Å². The highest BCUT2D eigenvalue weighted by atomic mass is 16.3. The topological polar surface area (TPSA) is 75.3 Å². The second-order valence-electron chi connectivity index (χ2n) is 6.52. The molecule has 24 heavy (non-hydrogen) atoms. The van der Waals surface area contributed by atoms with Crippen molar-refractivity contribution in [3.8, 4) is 0 Å². The fraction of sp³-hybridized carbons (Fsp3) is 0.389. The first-order valence-corrected chi connectivity index (χ1v) is 8.39. The van der Waals surface area contributed by atoms with Gasteiger partial charge in [-0.2, -0.15) is 4.52 Å². The first kappa shape index (κ1) is 15.1. The zero-order chi connectivity index (χ0) is 16.6. The van der Waals surface area contributed by atoms with Crippen LogP contribution < -0.4 is 5.32 Å². The number of anilines is 1. The zero-order valence-corrected chi connectivity index (χ0v) is 13.7. The van der Waals surface area contributed by atoms with E-state index in [1.54, 1.807) is 4.52 Å². The average Bonchev–Trinajstić information content (AvgIpc) is 3.00. The number of fused-ring (bicyclic) bond motifs is 1. The second-order valence-corrected chi connectivity index (χ2v) is 6.52. The lowest BCUT2D eigenvalue weighted by Crippen LogP contribution is -2.49. The smallest absolute Gasteiger partial charge is 0.178 e. The first-order chi connectivity index (χ1) is 11.7. The highest BCUT2D eigenvalue weighted by Gasteiger charge is 2.44. The van der Waals surface area contributed by atoms with Crippen LogP contribution in [-0.2, 0) is 11.8 Å². The van der Waals surface area contributed by atoms with Crippen molar-refractivity contribution in [1.82, 2.24) is 19.8 Å². The Bertz CT molecular complexity index is 839. The predicted octanol–water partition coefficient (Wildman–Crippen LogP) is 2.19. The maximum Gasteiger partial charge on any atom is 0.178 e. The van der Waals surface area contributed by atoms with Crippen LogP contribution in [0.25, 0.3) is 5.65 Å². The van der Waals surface area contributed by atoms with Crippen LogP contribution in [0.1, 0.15) is 31.2 Å². The Labute approximate surface area is 140 Å². The number of nitrogens with zero attached hydrogens (tertiary/aromatic N) is 4. The highest BCUT2D eigenvalue weighted by Crippen LogP contribution is 2.43. The Hall–Kier alpha value is -2.47. The van der Waals surface area contributed by atoms with E-state index in [9.17, 15) is 5.11 Å². The minimum atomic E-state index is -0.216. The molecule has 2 N–H and O–H groups in total. The molecular formula is C18H21N5O. The number of aliphatic hydroxyl groups is 1. The molecule has 6 nitrogen and oxygen atoms in total. The van der Waals surface area contributed by atoms with Gasteiger partial charge in [0.1, 0.15) is 5.82 Å². The molecule has 1 aliphatic carbocycles. The van der Waals surface area contributed by atoms with E-state index in [0.29, 0.717) is 0 Å². The van der Waals surface area contributed by atoms with Crippen LogP contribution in [0.3, 0.4) is 0 Å². The molecule has 3 aromatic rings. The van der Waals surface area contributed by atoms with Crippen molar-refractivity contribution in [2.75, 3.05) is 11.9 Å². The van der Waals surface area contributed by atoms with Crippen molar-refractivity contribution in [3.05, 3.63) is 53.9 Å². The number of benzene rings is 1. The molecule has 0 aliphatic heterocycles. The summed E-state index contributed by atoms with van der Waals surface area (Å²) in [5.41, 5.74) is 2.00. The molecule has 6 heteroatoms. The molecule has 0 saturated heterocycles. The van der Waals surface area contributed by atoms with Gasteiger partial charge in [0.2, 0.25) is 0 Å². The Morgan fingerprint density at radius 3 is 2.67 bits per heavy atom. The standard InChI is InChI=1S/C18H21N5O/c1-2-16-20-21-17-9-8-15(22-23(16)17)19-12-18(10-14(24)11-18)13-6-4-3-5-7-13/h3-9,14,24H,2,10-12H2,1H3,(H,19,22). The molecule has 1 saturated carbocycles. The van der Waals surface area contributed by atoms with Gasteiger partial charge in [-0.05, 0) is 30.5 Å². The maximum absolute atomic E-state index is 9.86. The van der Waals surface area contributed by atoms with E-state index >= 15 is 0 Å². The molecule has 0 radical (unpaired) electrons. The number of hydrogen-bond donors (Lipinski definition) is 2. The van der Waals surface area contributed by atoms with E-state index in [4.69, 9.17) is 0 Å². The lowest BCUT2D eigenvalue weighted by molar-refractivity contribution is 0.0242. The number of nitrogens with one attached hydrogen (secondary N) is 1. The number of rotatable bonds is 5. The summed E-state index contributed by atoms with van der Waals surface area (Å²) in [6.45, 7) is 2.79. The molecule has 0 amide bonds. The van der Waals surface area contributed by atoms with Gasteiger partial charge >= 0.3 is 0 Å². The fourth-order valence-electron chi connectivity index (χ4n) is 3.52. The van der Waals surface area contributed by atoms with Crippen molar-refractivity contribution in [2.45, 2.75) is 37.7 Å². The minimum Gasteiger partial charge on any atom is -0.393 e. The molecule has 2 aromatic heterocycles. The quantitative estimate of drug-likeness (QED) is 0.753. The van der Waals surface area contributed by atoms with Gasteiger partial charge < -0.3 is 10.4 Å². The lowest BCUT2D eigenvalue weighted by Gasteiger charge is -2.46. The molecule has 0 spiro atoms. The van der Waals surface area contributed by atoms with Gasteiger partial charge in [0.25, 0.3) is 0 Å². The molecule has 4 rings (SSSR count). The number of aromatic nitrogens is 4. The van der Waals surface area contributed by atoms with Crippen LogP contribution in [-0.4, -0.2) is 37.6 Å². The van der Waals surface area contributed by atoms with Gasteiger partial charge in [-0.1, -0.05) is 37.3 Å². The van der Waals surface area contributed by atoms with Crippen LogP contribution in [0.2, 0.25) is 0 Å². The van der Waals surface area contributed by atoms with E-state index in [-0.39, 0.29) is 11.5 Å². The molecule has 0 atom stereocenters. The minimum absolute atomic E-state index is 0.0297. The third-order valence-electron chi connectivity index (χ3n) is 4.89. The van der Waals surface area contributed by atoms with E-state index in [1.165, 1.54) is 5.56 Å². The molecule has 1 aromatic carbocycles. The van der Waals surface area contributed by atoms with Gasteiger partial charge in [-0.25, -0.2) is 0 Å². The Morgan fingerprint density at radius 1 is 1.17 bits per heavy atom. The summed E-state index contributed by atoms with van der Waals surface area (Å²) in [6.07, 6.45) is 2.13. The third-order valence-corrected chi connectivity index (χ3v) is 4.89. The number of aliphatic hydroxyl groups excluding tert-OH is 1. The van der Waals surface area contributed by atoms with Gasteiger partial charge in [0.15, 0.2) is 11.5 Å². The van der Waals surface area contributed by atoms with Crippen molar-refractivity contribution < 1.29 is 5.11 Å². The summed E-state index contributed by atoms with van der Waals surface area (Å²) in [6, 6.07) is 14.3. The maximum atomic E-state index is 9.86. The van der Waals surface area contributed by atoms with E-state index in [1.807, 2.05) is 25.1 Å². The third kappa shape index (κ3) is 2.53. The SMILES string of the molecule is CCc1nnc2ccc(NCC3(c4ccccc4)CC(O)C3)nn12. The number of hydrogen-bond acceptors (Lipinski definition) is 5. The monoisotopic (exact) mass is 323 g/mol. The molecule has 2 heterocycles. The van der Waals surface area contributed by atoms with Crippen molar-refractivity contribution in [2.24, 2.45) is 0 Å². The molecule has 0 unspecified atom stereocenters. The summed E-state index contributed by atoms with van der Waals surface area (Å²) in [5.74, 6) is 1.65. The fourth-order valence-corrected chi connectivity index (χ4v) is 3.52. The zero-order valence-electron chi connectivity index (χ0n) is 13.7. The molecular weight excluding hydrogens is 302 g/mol. The lowest BCUT2D eigenvalue weighted by atomic mass is 9.62. The Balaban J connectivity index is 1.57. The summed E-state index contributed by atoms with van der Waals surface area (Å²) in [4.78, 5) is 0. The average molecular weight is 323 g/mol. The highest BCUT2D eigenvalue weighted by molar-refractivity contribution is 5.45. The van der Waals surface area contributed by atoms with Gasteiger partial charge in [0, 0.05) is 18.4 Å². The summed E-state index contributed by atoms with van der Waals surface area (Å²) >= 11 is 0. The van der Waals surface area contributed by atoms with Crippen LogP contribution in [0.5, 0.6) is 0 Å². The predicted molar refractivity (Wildman–Crippen MR) is 92.0 cm³/mol. The van der Waals surface area contributed by atoms with E-state index in [0.717, 1.165) is 43.1 Å². The summed E-state index contributed by atoms with van der Waals surface area (Å²) in [7, 11) is 0. The van der Waals surface area contributed by atoms with Gasteiger partial charge in [-0.3, -0.25) is 0 Å². The second kappa shape index (κ2) is 5.87. The van der Waals surface area contributed by atoms with E-state index < -0.39 is 0 Å².